The maximum absolute atomic E-state index is 13.1. The van der Waals surface area contributed by atoms with Crippen LogP contribution >= 0.6 is 11.3 Å². The molecule has 32 heavy (non-hydrogen) atoms. The van der Waals surface area contributed by atoms with Gasteiger partial charge in [0.2, 0.25) is 0 Å². The van der Waals surface area contributed by atoms with Crippen molar-refractivity contribution in [3.63, 3.8) is 0 Å². The number of aliphatic hydroxyl groups excluding tert-OH is 1. The van der Waals surface area contributed by atoms with Gasteiger partial charge in [0.25, 0.3) is 11.7 Å². The van der Waals surface area contributed by atoms with Crippen LogP contribution in [0, 0.1) is 11.3 Å². The van der Waals surface area contributed by atoms with E-state index >= 15 is 0 Å². The number of anilines is 1. The Hall–Kier alpha value is -3.89. The molecule has 0 saturated carbocycles. The molecule has 1 amide bonds. The lowest BCUT2D eigenvalue weighted by molar-refractivity contribution is -0.132. The lowest BCUT2D eigenvalue weighted by atomic mass is 9.99. The van der Waals surface area contributed by atoms with Crippen molar-refractivity contribution in [2.24, 2.45) is 0 Å². The van der Waals surface area contributed by atoms with E-state index in [1.165, 1.54) is 16.2 Å². The number of hydrogen-bond acceptors (Lipinski definition) is 6. The van der Waals surface area contributed by atoms with Crippen LogP contribution in [0.3, 0.4) is 0 Å². The fourth-order valence-corrected chi connectivity index (χ4v) is 4.42. The van der Waals surface area contributed by atoms with Gasteiger partial charge in [-0.25, -0.2) is 0 Å². The molecule has 160 valence electrons. The summed E-state index contributed by atoms with van der Waals surface area (Å²) in [6.45, 7) is 2.59. The first-order valence-electron chi connectivity index (χ1n) is 10.1. The fourth-order valence-electron chi connectivity index (χ4n) is 3.60. The van der Waals surface area contributed by atoms with Crippen molar-refractivity contribution in [1.29, 1.82) is 5.26 Å². The highest BCUT2D eigenvalue weighted by atomic mass is 32.1. The quantitative estimate of drug-likeness (QED) is 0.327. The summed E-state index contributed by atoms with van der Waals surface area (Å²) >= 11 is 1.39. The van der Waals surface area contributed by atoms with Crippen LogP contribution in [0.1, 0.15) is 35.4 Å². The monoisotopic (exact) mass is 444 g/mol. The Morgan fingerprint density at radius 3 is 2.44 bits per heavy atom. The van der Waals surface area contributed by atoms with Crippen LogP contribution in [0.5, 0.6) is 5.75 Å². The number of hydrogen-bond donors (Lipinski definition) is 1. The molecule has 1 saturated heterocycles. The molecule has 0 spiro atoms. The van der Waals surface area contributed by atoms with Crippen molar-refractivity contribution in [1.82, 2.24) is 0 Å². The predicted molar refractivity (Wildman–Crippen MR) is 122 cm³/mol. The van der Waals surface area contributed by atoms with Gasteiger partial charge in [-0.1, -0.05) is 13.0 Å². The molecule has 0 radical (unpaired) electrons. The Bertz CT molecular complexity index is 1210. The summed E-state index contributed by atoms with van der Waals surface area (Å²) in [5, 5.41) is 22.0. The van der Waals surface area contributed by atoms with Gasteiger partial charge in [0.1, 0.15) is 17.6 Å². The molecule has 1 unspecified atom stereocenters. The van der Waals surface area contributed by atoms with Gasteiger partial charge < -0.3 is 9.84 Å². The van der Waals surface area contributed by atoms with Crippen LogP contribution in [0.15, 0.2) is 71.6 Å². The number of amides is 1. The number of benzene rings is 2. The van der Waals surface area contributed by atoms with Gasteiger partial charge in [-0.05, 0) is 66.4 Å². The number of aliphatic hydroxyl groups is 1. The molecule has 1 N–H and O–H groups in total. The molecule has 7 heteroatoms. The number of Topliss-reactive ketones (excluding diaryl/α,β-unsaturated/α-hetero) is 1. The van der Waals surface area contributed by atoms with E-state index in [2.05, 4.69) is 0 Å². The lowest BCUT2D eigenvalue weighted by Gasteiger charge is -2.24. The number of nitrogens with zero attached hydrogens (tertiary/aromatic N) is 2. The van der Waals surface area contributed by atoms with Crippen LogP contribution in [0.2, 0.25) is 0 Å². The highest BCUT2D eigenvalue weighted by Crippen LogP contribution is 2.43. The highest BCUT2D eigenvalue weighted by Gasteiger charge is 2.47. The molecule has 0 aliphatic carbocycles. The van der Waals surface area contributed by atoms with Crippen molar-refractivity contribution < 1.29 is 19.4 Å². The second-order valence-corrected chi connectivity index (χ2v) is 8.20. The molecule has 6 nitrogen and oxygen atoms in total. The molecule has 1 fully saturated rings. The summed E-state index contributed by atoms with van der Waals surface area (Å²) in [4.78, 5) is 28.2. The summed E-state index contributed by atoms with van der Waals surface area (Å²) in [7, 11) is 0. The topological polar surface area (TPSA) is 90.6 Å². The second kappa shape index (κ2) is 9.08. The van der Waals surface area contributed by atoms with Gasteiger partial charge in [-0.15, -0.1) is 11.3 Å². The first kappa shape index (κ1) is 21.3. The zero-order valence-corrected chi connectivity index (χ0v) is 18.1. The zero-order chi connectivity index (χ0) is 22.7. The minimum absolute atomic E-state index is 0.0315. The Morgan fingerprint density at radius 2 is 1.84 bits per heavy atom. The zero-order valence-electron chi connectivity index (χ0n) is 17.3. The van der Waals surface area contributed by atoms with Gasteiger partial charge in [0.05, 0.1) is 23.8 Å². The molecular weight excluding hydrogens is 424 g/mol. The minimum Gasteiger partial charge on any atom is -0.507 e. The maximum atomic E-state index is 13.1. The minimum atomic E-state index is -0.765. The molecular formula is C25H20N2O4S. The number of thiophene rings is 1. The normalized spacial score (nSPS) is 17.4. The first-order valence-corrected chi connectivity index (χ1v) is 11.0. The van der Waals surface area contributed by atoms with Crippen LogP contribution in [0.4, 0.5) is 5.69 Å². The largest absolute Gasteiger partial charge is 0.507 e. The number of ether oxygens (including phenoxy) is 1. The molecule has 4 rings (SSSR count). The molecule has 3 aromatic rings. The lowest BCUT2D eigenvalue weighted by Crippen LogP contribution is -2.29. The van der Waals surface area contributed by atoms with Gasteiger partial charge in [0.15, 0.2) is 0 Å². The van der Waals surface area contributed by atoms with E-state index in [1.807, 2.05) is 30.5 Å². The number of carbonyl (C=O) groups excluding carboxylic acids is 2. The van der Waals surface area contributed by atoms with E-state index in [-0.39, 0.29) is 11.3 Å². The molecule has 2 heterocycles. The van der Waals surface area contributed by atoms with Gasteiger partial charge in [0, 0.05) is 16.1 Å². The van der Waals surface area contributed by atoms with Crippen molar-refractivity contribution in [3.8, 4) is 11.8 Å². The molecule has 1 aliphatic heterocycles. The predicted octanol–water partition coefficient (Wildman–Crippen LogP) is 5.03. The van der Waals surface area contributed by atoms with Gasteiger partial charge >= 0.3 is 0 Å². The highest BCUT2D eigenvalue weighted by molar-refractivity contribution is 7.10. The first-order chi connectivity index (χ1) is 15.5. The summed E-state index contributed by atoms with van der Waals surface area (Å²) in [5.41, 5.74) is 1.38. The van der Waals surface area contributed by atoms with Crippen LogP contribution < -0.4 is 9.64 Å². The van der Waals surface area contributed by atoms with E-state index in [1.54, 1.807) is 48.5 Å². The molecule has 1 atom stereocenters. The second-order valence-electron chi connectivity index (χ2n) is 7.22. The molecule has 0 bridgehead atoms. The third-order valence-corrected chi connectivity index (χ3v) is 6.06. The average Bonchev–Trinajstić information content (AvgIpc) is 3.45. The van der Waals surface area contributed by atoms with E-state index in [0.29, 0.717) is 29.2 Å². The Labute approximate surface area is 189 Å². The Kier molecular flexibility index (Phi) is 6.06. The Morgan fingerprint density at radius 1 is 1.12 bits per heavy atom. The van der Waals surface area contributed by atoms with E-state index in [0.717, 1.165) is 11.3 Å². The standard InChI is InChI=1S/C25H20N2O4S/c1-2-13-31-19-11-7-17(8-12-19)23(28)21-22(20-4-3-14-32-20)27(25(30)24(21)29)18-9-5-16(15-26)6-10-18/h3-12,14,22,28H,2,13H2,1H3/b23-21-. The summed E-state index contributed by atoms with van der Waals surface area (Å²) in [5.74, 6) is -1.05. The fraction of sp³-hybridized carbons (Fsp3) is 0.160. The van der Waals surface area contributed by atoms with Crippen molar-refractivity contribution in [2.45, 2.75) is 19.4 Å². The average molecular weight is 445 g/mol. The molecule has 2 aromatic carbocycles. The van der Waals surface area contributed by atoms with Gasteiger partial charge in [-0.3, -0.25) is 14.5 Å². The maximum Gasteiger partial charge on any atom is 0.300 e. The SMILES string of the molecule is CCCOc1ccc(/C(O)=C2/C(=O)C(=O)N(c3ccc(C#N)cc3)C2c2cccs2)cc1. The number of rotatable bonds is 6. The van der Waals surface area contributed by atoms with Crippen LogP contribution in [-0.2, 0) is 9.59 Å². The smallest absolute Gasteiger partial charge is 0.300 e. The summed E-state index contributed by atoms with van der Waals surface area (Å²) in [6.07, 6.45) is 0.876. The van der Waals surface area contributed by atoms with E-state index < -0.39 is 17.7 Å². The number of ketones is 1. The Balaban J connectivity index is 1.80. The third-order valence-electron chi connectivity index (χ3n) is 5.13. The molecule has 1 aromatic heterocycles. The van der Waals surface area contributed by atoms with Crippen molar-refractivity contribution in [2.75, 3.05) is 11.5 Å². The summed E-state index contributed by atoms with van der Waals surface area (Å²) in [6, 6.07) is 18.2. The van der Waals surface area contributed by atoms with Crippen molar-refractivity contribution in [3.05, 3.63) is 87.6 Å². The number of nitriles is 1. The van der Waals surface area contributed by atoms with E-state index in [9.17, 15) is 14.7 Å². The van der Waals surface area contributed by atoms with E-state index in [4.69, 9.17) is 10.00 Å². The van der Waals surface area contributed by atoms with Crippen LogP contribution in [0.25, 0.3) is 5.76 Å². The molecule has 1 aliphatic rings. The van der Waals surface area contributed by atoms with Crippen LogP contribution in [-0.4, -0.2) is 23.4 Å². The van der Waals surface area contributed by atoms with Gasteiger partial charge in [-0.2, -0.15) is 5.26 Å². The van der Waals surface area contributed by atoms with Crippen molar-refractivity contribution >= 4 is 34.5 Å². The number of carbonyl (C=O) groups is 2. The summed E-state index contributed by atoms with van der Waals surface area (Å²) < 4.78 is 5.58. The third kappa shape index (κ3) is 3.88.